The lowest BCUT2D eigenvalue weighted by Crippen LogP contribution is -2.48. The maximum absolute atomic E-state index is 12.0. The van der Waals surface area contributed by atoms with Crippen molar-refractivity contribution in [1.29, 1.82) is 0 Å². The molecule has 0 aromatic rings. The average Bonchev–Trinajstić information content (AvgIpc) is 2.88. The maximum Gasteiger partial charge on any atom is 0.232 e. The lowest BCUT2D eigenvalue weighted by atomic mass is 10.0. The van der Waals surface area contributed by atoms with E-state index in [1.165, 1.54) is 0 Å². The van der Waals surface area contributed by atoms with E-state index in [-0.39, 0.29) is 18.2 Å². The number of rotatable bonds is 5. The normalized spacial score (nSPS) is 21.1. The number of nitrogens with zero attached hydrogens (tertiary/aromatic N) is 1. The molecule has 2 heterocycles. The zero-order valence-corrected chi connectivity index (χ0v) is 12.2. The summed E-state index contributed by atoms with van der Waals surface area (Å²) < 4.78 is 11.2. The third-order valence-corrected chi connectivity index (χ3v) is 3.86. The quantitative estimate of drug-likeness (QED) is 0.595. The van der Waals surface area contributed by atoms with Gasteiger partial charge < -0.3 is 19.7 Å². The molecule has 2 saturated heterocycles. The van der Waals surface area contributed by atoms with Gasteiger partial charge in [-0.05, 0) is 6.42 Å². The van der Waals surface area contributed by atoms with Gasteiger partial charge in [0.1, 0.15) is 6.42 Å². The lowest BCUT2D eigenvalue weighted by molar-refractivity contribution is -0.187. The van der Waals surface area contributed by atoms with Crippen molar-refractivity contribution in [3.05, 3.63) is 0 Å². The second-order valence-corrected chi connectivity index (χ2v) is 5.37. The van der Waals surface area contributed by atoms with E-state index in [0.717, 1.165) is 12.8 Å². The maximum atomic E-state index is 12.0. The van der Waals surface area contributed by atoms with E-state index in [2.05, 4.69) is 12.2 Å². The van der Waals surface area contributed by atoms with Crippen molar-refractivity contribution in [2.24, 2.45) is 0 Å². The Labute approximate surface area is 119 Å². The van der Waals surface area contributed by atoms with Gasteiger partial charge in [0, 0.05) is 32.5 Å². The van der Waals surface area contributed by atoms with E-state index in [0.29, 0.717) is 45.7 Å². The van der Waals surface area contributed by atoms with Crippen molar-refractivity contribution in [3.63, 3.8) is 0 Å². The third-order valence-electron chi connectivity index (χ3n) is 3.86. The molecule has 6 heteroatoms. The summed E-state index contributed by atoms with van der Waals surface area (Å²) in [5.74, 6) is -0.760. The van der Waals surface area contributed by atoms with Gasteiger partial charge in [0.2, 0.25) is 11.8 Å². The summed E-state index contributed by atoms with van der Waals surface area (Å²) >= 11 is 0. The van der Waals surface area contributed by atoms with E-state index in [4.69, 9.17) is 9.47 Å². The van der Waals surface area contributed by atoms with E-state index < -0.39 is 5.79 Å². The molecule has 0 radical (unpaired) electrons. The van der Waals surface area contributed by atoms with Crippen LogP contribution in [0.1, 0.15) is 39.0 Å². The minimum atomic E-state index is -0.472. The van der Waals surface area contributed by atoms with E-state index in [1.54, 1.807) is 4.90 Å². The third kappa shape index (κ3) is 3.93. The molecule has 2 aliphatic heterocycles. The molecular formula is C14H24N2O4. The Hall–Kier alpha value is -1.14. The molecule has 2 rings (SSSR count). The van der Waals surface area contributed by atoms with Crippen molar-refractivity contribution in [2.45, 2.75) is 44.8 Å². The van der Waals surface area contributed by atoms with Crippen molar-refractivity contribution in [1.82, 2.24) is 10.2 Å². The minimum Gasteiger partial charge on any atom is -0.356 e. The highest BCUT2D eigenvalue weighted by Gasteiger charge is 2.40. The molecule has 2 fully saturated rings. The van der Waals surface area contributed by atoms with Gasteiger partial charge in [-0.25, -0.2) is 0 Å². The van der Waals surface area contributed by atoms with Crippen LogP contribution in [0.5, 0.6) is 0 Å². The van der Waals surface area contributed by atoms with Crippen LogP contribution in [0.3, 0.4) is 0 Å². The molecule has 0 bridgehead atoms. The number of hydrogen-bond acceptors (Lipinski definition) is 4. The number of amides is 2. The first-order valence-corrected chi connectivity index (χ1v) is 7.47. The molecule has 0 aromatic heterocycles. The van der Waals surface area contributed by atoms with Gasteiger partial charge in [-0.3, -0.25) is 9.59 Å². The Balaban J connectivity index is 1.70. The second kappa shape index (κ2) is 7.04. The van der Waals surface area contributed by atoms with Crippen molar-refractivity contribution < 1.29 is 19.1 Å². The Bertz CT molecular complexity index is 343. The van der Waals surface area contributed by atoms with Gasteiger partial charge in [-0.1, -0.05) is 13.3 Å². The Morgan fingerprint density at radius 2 is 1.85 bits per heavy atom. The summed E-state index contributed by atoms with van der Waals surface area (Å²) in [6, 6.07) is 0. The first kappa shape index (κ1) is 15.3. The molecule has 6 nitrogen and oxygen atoms in total. The summed E-state index contributed by atoms with van der Waals surface area (Å²) in [5, 5.41) is 2.77. The number of ether oxygens (including phenoxy) is 2. The zero-order valence-electron chi connectivity index (χ0n) is 12.2. The number of hydrogen-bond donors (Lipinski definition) is 1. The number of carbonyl (C=O) groups excluding carboxylic acids is 2. The molecule has 0 saturated carbocycles. The lowest BCUT2D eigenvalue weighted by Gasteiger charge is -2.37. The Kier molecular flexibility index (Phi) is 5.37. The standard InChI is InChI=1S/C14H24N2O4/c1-2-3-6-15-12(17)11-13(18)16-7-4-14(5-8-16)19-9-10-20-14/h2-11H2,1H3,(H,15,17). The Morgan fingerprint density at radius 1 is 1.20 bits per heavy atom. The van der Waals surface area contributed by atoms with Gasteiger partial charge >= 0.3 is 0 Å². The van der Waals surface area contributed by atoms with Crippen LogP contribution < -0.4 is 5.32 Å². The molecular weight excluding hydrogens is 260 g/mol. The van der Waals surface area contributed by atoms with Crippen LogP contribution in [-0.2, 0) is 19.1 Å². The Morgan fingerprint density at radius 3 is 2.45 bits per heavy atom. The summed E-state index contributed by atoms with van der Waals surface area (Å²) in [7, 11) is 0. The molecule has 2 aliphatic rings. The predicted octanol–water partition coefficient (Wildman–Crippen LogP) is 0.658. The fourth-order valence-corrected chi connectivity index (χ4v) is 2.60. The fourth-order valence-electron chi connectivity index (χ4n) is 2.60. The smallest absolute Gasteiger partial charge is 0.232 e. The number of carbonyl (C=O) groups is 2. The molecule has 0 unspecified atom stereocenters. The fraction of sp³-hybridized carbons (Fsp3) is 0.857. The SMILES string of the molecule is CCCCNC(=O)CC(=O)N1CCC2(CC1)OCCO2. The molecule has 0 aliphatic carbocycles. The highest BCUT2D eigenvalue weighted by molar-refractivity contribution is 5.96. The van der Waals surface area contributed by atoms with Crippen LogP contribution in [0.2, 0.25) is 0 Å². The number of unbranched alkanes of at least 4 members (excludes halogenated alkanes) is 1. The zero-order chi connectivity index (χ0) is 14.4. The molecule has 1 spiro atoms. The predicted molar refractivity (Wildman–Crippen MR) is 73.0 cm³/mol. The molecule has 114 valence electrons. The molecule has 20 heavy (non-hydrogen) atoms. The molecule has 2 amide bonds. The van der Waals surface area contributed by atoms with E-state index in [1.807, 2.05) is 0 Å². The van der Waals surface area contributed by atoms with Crippen molar-refractivity contribution in [3.8, 4) is 0 Å². The average molecular weight is 284 g/mol. The van der Waals surface area contributed by atoms with Crippen molar-refractivity contribution in [2.75, 3.05) is 32.8 Å². The first-order valence-electron chi connectivity index (χ1n) is 7.47. The number of nitrogens with one attached hydrogen (secondary N) is 1. The van der Waals surface area contributed by atoms with Crippen LogP contribution in [0.15, 0.2) is 0 Å². The summed E-state index contributed by atoms with van der Waals surface area (Å²) in [4.78, 5) is 25.4. The van der Waals surface area contributed by atoms with E-state index >= 15 is 0 Å². The van der Waals surface area contributed by atoms with Crippen molar-refractivity contribution >= 4 is 11.8 Å². The summed E-state index contributed by atoms with van der Waals surface area (Å²) in [5.41, 5.74) is 0. The van der Waals surface area contributed by atoms with Crippen LogP contribution in [0.4, 0.5) is 0 Å². The second-order valence-electron chi connectivity index (χ2n) is 5.37. The topological polar surface area (TPSA) is 67.9 Å². The molecule has 0 aromatic carbocycles. The highest BCUT2D eigenvalue weighted by atomic mass is 16.7. The minimum absolute atomic E-state index is 0.0571. The van der Waals surface area contributed by atoms with Crippen LogP contribution in [-0.4, -0.2) is 55.3 Å². The summed E-state index contributed by atoms with van der Waals surface area (Å²) in [6.45, 7) is 5.17. The highest BCUT2D eigenvalue weighted by Crippen LogP contribution is 2.31. The summed E-state index contributed by atoms with van der Waals surface area (Å²) in [6.07, 6.45) is 3.30. The van der Waals surface area contributed by atoms with Crippen LogP contribution in [0, 0.1) is 0 Å². The van der Waals surface area contributed by atoms with Gasteiger partial charge in [-0.15, -0.1) is 0 Å². The monoisotopic (exact) mass is 284 g/mol. The largest absolute Gasteiger partial charge is 0.356 e. The van der Waals surface area contributed by atoms with Gasteiger partial charge in [0.05, 0.1) is 13.2 Å². The van der Waals surface area contributed by atoms with Gasteiger partial charge in [0.15, 0.2) is 5.79 Å². The van der Waals surface area contributed by atoms with Gasteiger partial charge in [0.25, 0.3) is 0 Å². The first-order chi connectivity index (χ1) is 9.65. The number of piperidine rings is 1. The van der Waals surface area contributed by atoms with E-state index in [9.17, 15) is 9.59 Å². The molecule has 0 atom stereocenters. The molecule has 1 N–H and O–H groups in total. The van der Waals surface area contributed by atoms with Crippen LogP contribution >= 0.6 is 0 Å². The number of likely N-dealkylation sites (tertiary alicyclic amines) is 1. The van der Waals surface area contributed by atoms with Crippen LogP contribution in [0.25, 0.3) is 0 Å². The van der Waals surface area contributed by atoms with Gasteiger partial charge in [-0.2, -0.15) is 0 Å².